The quantitative estimate of drug-likeness (QED) is 0.167. The van der Waals surface area contributed by atoms with Gasteiger partial charge in [-0.3, -0.25) is 0 Å². The smallest absolute Gasteiger partial charge is 0.159 e. The van der Waals surface area contributed by atoms with Crippen LogP contribution in [0.15, 0.2) is 231 Å². The van der Waals surface area contributed by atoms with E-state index in [1.807, 2.05) is 12.1 Å². The van der Waals surface area contributed by atoms with Crippen molar-refractivity contribution in [3.05, 3.63) is 231 Å². The van der Waals surface area contributed by atoms with Gasteiger partial charge >= 0.3 is 0 Å². The van der Waals surface area contributed by atoms with Crippen molar-refractivity contribution >= 4 is 87.2 Å². The van der Waals surface area contributed by atoms with Crippen molar-refractivity contribution in [2.24, 2.45) is 0 Å². The average Bonchev–Trinajstić information content (AvgIpc) is 4.15. The van der Waals surface area contributed by atoms with E-state index in [0.29, 0.717) is 11.6 Å². The van der Waals surface area contributed by atoms with Crippen LogP contribution in [-0.4, -0.2) is 38.2 Å². The highest BCUT2D eigenvalue weighted by Gasteiger charge is 2.24. The van der Waals surface area contributed by atoms with Crippen molar-refractivity contribution in [2.45, 2.75) is 0 Å². The molecule has 0 saturated carbocycles. The fourth-order valence-electron chi connectivity index (χ4n) is 11.2. The van der Waals surface area contributed by atoms with Crippen LogP contribution in [0.1, 0.15) is 0 Å². The number of benzene rings is 9. The molecule has 0 bridgehead atoms. The minimum atomic E-state index is 0.705. The van der Waals surface area contributed by atoms with E-state index in [9.17, 15) is 0 Å². The molecule has 0 fully saturated rings. The zero-order chi connectivity index (χ0) is 45.9. The first-order valence-electron chi connectivity index (χ1n) is 23.5. The highest BCUT2D eigenvalue weighted by atomic mass is 15.0. The van der Waals surface area contributed by atoms with E-state index in [0.717, 1.165) is 88.7 Å². The molecule has 15 rings (SSSR count). The van der Waals surface area contributed by atoms with E-state index in [1.54, 1.807) is 24.8 Å². The van der Waals surface area contributed by atoms with Crippen LogP contribution < -0.4 is 0 Å². The summed E-state index contributed by atoms with van der Waals surface area (Å²) in [5.74, 6) is 1.41. The molecular weight excluding hydrogens is 857 g/mol. The van der Waals surface area contributed by atoms with Gasteiger partial charge < -0.3 is 18.3 Å². The van der Waals surface area contributed by atoms with Crippen LogP contribution in [-0.2, 0) is 0 Å². The summed E-state index contributed by atoms with van der Waals surface area (Å²) < 4.78 is 9.71. The molecular formula is C62H38N8. The Hall–Kier alpha value is -9.66. The number of hydrogen-bond donors (Lipinski definition) is 0. The molecule has 0 unspecified atom stereocenters. The SMILES string of the molecule is c1ccc(-n2c3ccc(-c4ncccn4)cc3c3cc4c(cc32)c2cc(-n3c5ccccc5c5c3ccc3c6cc(-c7ncccn7)ccc6n(-c6ccccc6)c35)ccc2n4-c2ccccc2)cc1. The summed E-state index contributed by atoms with van der Waals surface area (Å²) in [7, 11) is 0. The molecule has 0 atom stereocenters. The molecule has 9 aromatic carbocycles. The second-order valence-electron chi connectivity index (χ2n) is 17.9. The Morgan fingerprint density at radius 3 is 1.23 bits per heavy atom. The van der Waals surface area contributed by atoms with Gasteiger partial charge in [-0.25, -0.2) is 19.9 Å². The third kappa shape index (κ3) is 5.58. The zero-order valence-electron chi connectivity index (χ0n) is 37.5. The molecule has 6 heterocycles. The minimum absolute atomic E-state index is 0.705. The maximum absolute atomic E-state index is 4.63. The summed E-state index contributed by atoms with van der Waals surface area (Å²) >= 11 is 0. The van der Waals surface area contributed by atoms with Crippen molar-refractivity contribution in [2.75, 3.05) is 0 Å². The first kappa shape index (κ1) is 38.4. The molecule has 0 aliphatic heterocycles. The fraction of sp³-hybridized carbons (Fsp3) is 0. The highest BCUT2D eigenvalue weighted by molar-refractivity contribution is 6.27. The maximum atomic E-state index is 4.63. The predicted octanol–water partition coefficient (Wildman–Crippen LogP) is 15.0. The summed E-state index contributed by atoms with van der Waals surface area (Å²) in [4.78, 5) is 18.5. The average molecular weight is 895 g/mol. The molecule has 15 aromatic rings. The molecule has 0 aliphatic carbocycles. The van der Waals surface area contributed by atoms with Crippen LogP contribution in [0.25, 0.3) is 133 Å². The summed E-state index contributed by atoms with van der Waals surface area (Å²) in [5.41, 5.74) is 15.5. The van der Waals surface area contributed by atoms with Crippen LogP contribution in [0.4, 0.5) is 0 Å². The Morgan fingerprint density at radius 1 is 0.243 bits per heavy atom. The lowest BCUT2D eigenvalue weighted by atomic mass is 10.1. The Morgan fingerprint density at radius 2 is 0.657 bits per heavy atom. The van der Waals surface area contributed by atoms with Crippen LogP contribution >= 0.6 is 0 Å². The second-order valence-corrected chi connectivity index (χ2v) is 17.9. The van der Waals surface area contributed by atoms with Crippen LogP contribution in [0, 0.1) is 0 Å². The van der Waals surface area contributed by atoms with Gasteiger partial charge in [0, 0.05) is 102 Å². The van der Waals surface area contributed by atoms with E-state index in [4.69, 9.17) is 0 Å². The molecule has 0 N–H and O–H groups in total. The second kappa shape index (κ2) is 14.9. The lowest BCUT2D eigenvalue weighted by Gasteiger charge is -2.11. The first-order valence-corrected chi connectivity index (χ1v) is 23.5. The largest absolute Gasteiger partial charge is 0.309 e. The highest BCUT2D eigenvalue weighted by Crippen LogP contribution is 2.45. The summed E-state index contributed by atoms with van der Waals surface area (Å²) in [6, 6.07) is 74.3. The minimum Gasteiger partial charge on any atom is -0.309 e. The van der Waals surface area contributed by atoms with E-state index in [-0.39, 0.29) is 0 Å². The van der Waals surface area contributed by atoms with Crippen LogP contribution in [0.3, 0.4) is 0 Å². The Labute approximate surface area is 400 Å². The molecule has 8 heteroatoms. The normalized spacial score (nSPS) is 12.0. The van der Waals surface area contributed by atoms with E-state index in [2.05, 4.69) is 232 Å². The summed E-state index contributed by atoms with van der Waals surface area (Å²) in [6.07, 6.45) is 7.21. The van der Waals surface area contributed by atoms with E-state index >= 15 is 0 Å². The van der Waals surface area contributed by atoms with Crippen molar-refractivity contribution in [3.63, 3.8) is 0 Å². The van der Waals surface area contributed by atoms with E-state index < -0.39 is 0 Å². The molecule has 0 amide bonds. The van der Waals surface area contributed by atoms with Gasteiger partial charge in [0.2, 0.25) is 0 Å². The van der Waals surface area contributed by atoms with Gasteiger partial charge in [-0.1, -0.05) is 78.9 Å². The molecule has 0 aliphatic rings. The molecule has 0 radical (unpaired) electrons. The van der Waals surface area contributed by atoms with Gasteiger partial charge in [0.25, 0.3) is 0 Å². The number of hydrogen-bond acceptors (Lipinski definition) is 4. The van der Waals surface area contributed by atoms with Crippen molar-refractivity contribution in [1.29, 1.82) is 0 Å². The van der Waals surface area contributed by atoms with E-state index in [1.165, 1.54) is 32.4 Å². The monoisotopic (exact) mass is 894 g/mol. The fourth-order valence-corrected chi connectivity index (χ4v) is 11.2. The van der Waals surface area contributed by atoms with Crippen molar-refractivity contribution in [3.8, 4) is 45.5 Å². The molecule has 326 valence electrons. The lowest BCUT2D eigenvalue weighted by Crippen LogP contribution is -1.96. The van der Waals surface area contributed by atoms with Crippen LogP contribution in [0.5, 0.6) is 0 Å². The molecule has 8 nitrogen and oxygen atoms in total. The maximum Gasteiger partial charge on any atom is 0.159 e. The third-order valence-corrected chi connectivity index (χ3v) is 14.1. The Bertz CT molecular complexity index is 4550. The Kier molecular flexibility index (Phi) is 8.20. The van der Waals surface area contributed by atoms with Gasteiger partial charge in [-0.2, -0.15) is 0 Å². The molecule has 0 saturated heterocycles. The van der Waals surface area contributed by atoms with Crippen LogP contribution in [0.2, 0.25) is 0 Å². The standard InChI is InChI=1S/C62H38N8/c1-4-14-41(15-5-1)67-53-26-22-40(62-65-32-13-33-66-62)35-48(53)50-37-58-51(38-57(50)67)49-36-44(24-28-54(49)68(58)42-16-6-2-7-17-42)69-52-21-11-10-20-46(52)59-56(69)29-25-45-47-34-39(61-63-30-12-31-64-61)23-27-55(47)70(60(45)59)43-18-8-3-9-19-43/h1-38H. The molecule has 0 spiro atoms. The van der Waals surface area contributed by atoms with Gasteiger partial charge in [-0.15, -0.1) is 0 Å². The first-order chi connectivity index (χ1) is 34.7. The topological polar surface area (TPSA) is 71.3 Å². The number of rotatable bonds is 6. The lowest BCUT2D eigenvalue weighted by molar-refractivity contribution is 1.16. The van der Waals surface area contributed by atoms with Crippen molar-refractivity contribution < 1.29 is 0 Å². The van der Waals surface area contributed by atoms with Crippen molar-refractivity contribution in [1.82, 2.24) is 38.2 Å². The predicted molar refractivity (Wildman–Crippen MR) is 286 cm³/mol. The number of aromatic nitrogens is 8. The summed E-state index contributed by atoms with van der Waals surface area (Å²) in [6.45, 7) is 0. The Balaban J connectivity index is 1.03. The zero-order valence-corrected chi connectivity index (χ0v) is 37.5. The van der Waals surface area contributed by atoms with Gasteiger partial charge in [0.1, 0.15) is 0 Å². The summed E-state index contributed by atoms with van der Waals surface area (Å²) in [5, 5.41) is 9.37. The third-order valence-electron chi connectivity index (χ3n) is 14.1. The molecule has 70 heavy (non-hydrogen) atoms. The van der Waals surface area contributed by atoms with Gasteiger partial charge in [0.05, 0.1) is 44.1 Å². The number of para-hydroxylation sites is 4. The number of fused-ring (bicyclic) bond motifs is 13. The molecule has 6 aromatic heterocycles. The van der Waals surface area contributed by atoms with Gasteiger partial charge in [-0.05, 0) is 127 Å². The van der Waals surface area contributed by atoms with Gasteiger partial charge in [0.15, 0.2) is 11.6 Å². The number of nitrogens with zero attached hydrogens (tertiary/aromatic N) is 8.